The fraction of sp³-hybridized carbons (Fsp3) is 0.368. The zero-order valence-electron chi connectivity index (χ0n) is 15.0. The first-order valence-corrected chi connectivity index (χ1v) is 8.92. The molecule has 0 N–H and O–H groups in total. The molecular formula is C19H20N4O4. The van der Waals surface area contributed by atoms with Gasteiger partial charge in [0.05, 0.1) is 5.92 Å². The number of likely N-dealkylation sites (tertiary alicyclic amines) is 1. The normalized spacial score (nSPS) is 17.1. The van der Waals surface area contributed by atoms with E-state index in [1.54, 1.807) is 17.9 Å². The number of aromatic nitrogens is 3. The Hall–Kier alpha value is -3.16. The maximum atomic E-state index is 12.6. The number of para-hydroxylation sites is 1. The molecule has 140 valence electrons. The monoisotopic (exact) mass is 368 g/mol. The average Bonchev–Trinajstić information content (AvgIpc) is 3.36. The van der Waals surface area contributed by atoms with Crippen LogP contribution in [0.25, 0.3) is 0 Å². The topological polar surface area (TPSA) is 94.5 Å². The van der Waals surface area contributed by atoms with E-state index in [0.29, 0.717) is 36.3 Å². The highest BCUT2D eigenvalue weighted by Crippen LogP contribution is 2.27. The van der Waals surface area contributed by atoms with Gasteiger partial charge in [0.15, 0.2) is 12.3 Å². The van der Waals surface area contributed by atoms with Crippen molar-refractivity contribution in [3.05, 3.63) is 59.6 Å². The molecule has 0 spiro atoms. The molecule has 1 fully saturated rings. The quantitative estimate of drug-likeness (QED) is 0.683. The van der Waals surface area contributed by atoms with Crippen LogP contribution >= 0.6 is 0 Å². The molecule has 1 atom stereocenters. The van der Waals surface area contributed by atoms with Crippen molar-refractivity contribution in [1.82, 2.24) is 20.3 Å². The van der Waals surface area contributed by atoms with E-state index in [9.17, 15) is 4.79 Å². The van der Waals surface area contributed by atoms with E-state index in [4.69, 9.17) is 13.7 Å². The maximum Gasteiger partial charge on any atom is 0.276 e. The van der Waals surface area contributed by atoms with Crippen molar-refractivity contribution in [1.29, 1.82) is 0 Å². The van der Waals surface area contributed by atoms with E-state index in [1.165, 1.54) is 0 Å². The Bertz CT molecular complexity index is 905. The first-order chi connectivity index (χ1) is 13.2. The lowest BCUT2D eigenvalue weighted by molar-refractivity contribution is 0.0686. The van der Waals surface area contributed by atoms with Crippen molar-refractivity contribution < 1.29 is 18.5 Å². The minimum Gasteiger partial charge on any atom is -0.484 e. The highest BCUT2D eigenvalue weighted by molar-refractivity contribution is 5.92. The van der Waals surface area contributed by atoms with Crippen LogP contribution in [0.4, 0.5) is 0 Å². The molecule has 4 rings (SSSR count). The highest BCUT2D eigenvalue weighted by Gasteiger charge is 2.30. The molecule has 27 heavy (non-hydrogen) atoms. The van der Waals surface area contributed by atoms with Crippen LogP contribution in [0.5, 0.6) is 5.75 Å². The van der Waals surface area contributed by atoms with Gasteiger partial charge in [-0.1, -0.05) is 23.4 Å². The van der Waals surface area contributed by atoms with Gasteiger partial charge < -0.3 is 18.6 Å². The number of aryl methyl sites for hydroxylation is 1. The van der Waals surface area contributed by atoms with E-state index in [2.05, 4.69) is 15.4 Å². The summed E-state index contributed by atoms with van der Waals surface area (Å²) in [7, 11) is 0. The smallest absolute Gasteiger partial charge is 0.276 e. The third-order valence-electron chi connectivity index (χ3n) is 4.49. The number of benzene rings is 1. The fourth-order valence-corrected chi connectivity index (χ4v) is 3.14. The molecule has 3 aromatic rings. The van der Waals surface area contributed by atoms with Crippen LogP contribution in [0.15, 0.2) is 45.3 Å². The van der Waals surface area contributed by atoms with Gasteiger partial charge in [0.25, 0.3) is 11.8 Å². The van der Waals surface area contributed by atoms with Crippen molar-refractivity contribution in [2.24, 2.45) is 0 Å². The Morgan fingerprint density at radius 1 is 1.30 bits per heavy atom. The molecule has 0 saturated carbocycles. The number of carbonyl (C=O) groups excluding carboxylic acids is 1. The predicted octanol–water partition coefficient (Wildman–Crippen LogP) is 2.96. The zero-order valence-corrected chi connectivity index (χ0v) is 15.0. The third kappa shape index (κ3) is 3.99. The van der Waals surface area contributed by atoms with Crippen molar-refractivity contribution in [2.75, 3.05) is 13.1 Å². The van der Waals surface area contributed by atoms with Crippen LogP contribution in [0.1, 0.15) is 46.8 Å². The minimum atomic E-state index is -0.135. The molecule has 1 amide bonds. The van der Waals surface area contributed by atoms with Crippen LogP contribution in [0, 0.1) is 6.92 Å². The molecule has 1 unspecified atom stereocenters. The number of carbonyl (C=O) groups is 1. The van der Waals surface area contributed by atoms with Gasteiger partial charge in [-0.15, -0.1) is 10.2 Å². The second-order valence-corrected chi connectivity index (χ2v) is 6.55. The van der Waals surface area contributed by atoms with Crippen molar-refractivity contribution in [3.8, 4) is 5.75 Å². The number of ether oxygens (including phenoxy) is 1. The standard InChI is InChI=1S/C19H20N4O4/c1-13-10-16(22-27-13)19(24)23-9-5-6-14(11-23)18-21-20-17(26-18)12-25-15-7-3-2-4-8-15/h2-4,7-8,10,14H,5-6,9,11-12H2,1H3. The number of hydrogen-bond donors (Lipinski definition) is 0. The SMILES string of the molecule is Cc1cc(C(=O)N2CCCC(c3nnc(COc4ccccc4)o3)C2)no1. The Labute approximate surface area is 156 Å². The molecule has 0 radical (unpaired) electrons. The van der Waals surface area contributed by atoms with Crippen LogP contribution < -0.4 is 4.74 Å². The van der Waals surface area contributed by atoms with Gasteiger partial charge >= 0.3 is 0 Å². The minimum absolute atomic E-state index is 0.00803. The fourth-order valence-electron chi connectivity index (χ4n) is 3.14. The molecule has 1 aliphatic heterocycles. The summed E-state index contributed by atoms with van der Waals surface area (Å²) in [6.45, 7) is 3.18. The van der Waals surface area contributed by atoms with Gasteiger partial charge in [-0.05, 0) is 31.9 Å². The van der Waals surface area contributed by atoms with Crippen LogP contribution in [-0.4, -0.2) is 39.3 Å². The molecule has 1 aliphatic rings. The van der Waals surface area contributed by atoms with Gasteiger partial charge in [-0.2, -0.15) is 0 Å². The van der Waals surface area contributed by atoms with Crippen molar-refractivity contribution in [2.45, 2.75) is 32.3 Å². The second kappa shape index (κ2) is 7.61. The van der Waals surface area contributed by atoms with E-state index >= 15 is 0 Å². The Morgan fingerprint density at radius 2 is 2.15 bits per heavy atom. The Kier molecular flexibility index (Phi) is 4.86. The van der Waals surface area contributed by atoms with Crippen LogP contribution in [0.2, 0.25) is 0 Å². The van der Waals surface area contributed by atoms with Crippen molar-refractivity contribution in [3.63, 3.8) is 0 Å². The number of hydrogen-bond acceptors (Lipinski definition) is 7. The summed E-state index contributed by atoms with van der Waals surface area (Å²) in [6, 6.07) is 11.1. The van der Waals surface area contributed by atoms with E-state index in [-0.39, 0.29) is 18.4 Å². The lowest BCUT2D eigenvalue weighted by atomic mass is 9.98. The largest absolute Gasteiger partial charge is 0.484 e. The van der Waals surface area contributed by atoms with Gasteiger partial charge in [-0.3, -0.25) is 4.79 Å². The Balaban J connectivity index is 1.38. The summed E-state index contributed by atoms with van der Waals surface area (Å²) < 4.78 is 16.4. The first kappa shape index (κ1) is 17.3. The molecule has 0 aliphatic carbocycles. The average molecular weight is 368 g/mol. The summed E-state index contributed by atoms with van der Waals surface area (Å²) in [4.78, 5) is 14.3. The van der Waals surface area contributed by atoms with E-state index in [1.807, 2.05) is 30.3 Å². The number of nitrogens with zero attached hydrogens (tertiary/aromatic N) is 4. The highest BCUT2D eigenvalue weighted by atomic mass is 16.5. The van der Waals surface area contributed by atoms with Crippen LogP contribution in [0.3, 0.4) is 0 Å². The number of rotatable bonds is 5. The molecule has 0 bridgehead atoms. The maximum absolute atomic E-state index is 12.6. The summed E-state index contributed by atoms with van der Waals surface area (Å²) in [5, 5.41) is 12.0. The summed E-state index contributed by atoms with van der Waals surface area (Å²) in [5.74, 6) is 2.19. The van der Waals surface area contributed by atoms with Crippen LogP contribution in [-0.2, 0) is 6.61 Å². The summed E-state index contributed by atoms with van der Waals surface area (Å²) in [5.41, 5.74) is 0.329. The van der Waals surface area contributed by atoms with Gasteiger partial charge in [0.1, 0.15) is 11.5 Å². The predicted molar refractivity (Wildman–Crippen MR) is 94.2 cm³/mol. The molecule has 2 aromatic heterocycles. The van der Waals surface area contributed by atoms with Gasteiger partial charge in [0, 0.05) is 19.2 Å². The molecule has 3 heterocycles. The first-order valence-electron chi connectivity index (χ1n) is 8.92. The molecule has 8 nitrogen and oxygen atoms in total. The molecule has 1 saturated heterocycles. The van der Waals surface area contributed by atoms with Gasteiger partial charge in [-0.25, -0.2) is 0 Å². The number of amides is 1. The summed E-state index contributed by atoms with van der Waals surface area (Å²) in [6.07, 6.45) is 1.76. The molecule has 8 heteroatoms. The zero-order chi connectivity index (χ0) is 18.6. The summed E-state index contributed by atoms with van der Waals surface area (Å²) >= 11 is 0. The van der Waals surface area contributed by atoms with Crippen molar-refractivity contribution >= 4 is 5.91 Å². The number of piperidine rings is 1. The van der Waals surface area contributed by atoms with Gasteiger partial charge in [0.2, 0.25) is 5.89 Å². The second-order valence-electron chi connectivity index (χ2n) is 6.55. The van der Waals surface area contributed by atoms with E-state index in [0.717, 1.165) is 18.6 Å². The van der Waals surface area contributed by atoms with E-state index < -0.39 is 0 Å². The Morgan fingerprint density at radius 3 is 2.93 bits per heavy atom. The lowest BCUT2D eigenvalue weighted by Crippen LogP contribution is -2.39. The lowest BCUT2D eigenvalue weighted by Gasteiger charge is -2.30. The molecule has 1 aromatic carbocycles. The third-order valence-corrected chi connectivity index (χ3v) is 4.49. The molecular weight excluding hydrogens is 348 g/mol.